The molecule has 1 heterocycles. The predicted molar refractivity (Wildman–Crippen MR) is 79.6 cm³/mol. The van der Waals surface area contributed by atoms with Gasteiger partial charge in [-0.1, -0.05) is 29.8 Å². The van der Waals surface area contributed by atoms with E-state index in [0.717, 1.165) is 5.56 Å². The second kappa shape index (κ2) is 5.75. The molecule has 0 bridgehead atoms. The first-order valence-electron chi connectivity index (χ1n) is 6.71. The summed E-state index contributed by atoms with van der Waals surface area (Å²) < 4.78 is 10.5. The van der Waals surface area contributed by atoms with Crippen LogP contribution in [0.2, 0.25) is 0 Å². The number of carbonyl (C=O) groups excluding carboxylic acids is 1. The number of aryl methyl sites for hydroxylation is 1. The van der Waals surface area contributed by atoms with E-state index in [9.17, 15) is 4.79 Å². The largest absolute Gasteiger partial charge is 0.454 e. The van der Waals surface area contributed by atoms with Gasteiger partial charge in [0.25, 0.3) is 0 Å². The highest BCUT2D eigenvalue weighted by Gasteiger charge is 2.13. The number of rotatable bonds is 3. The molecule has 2 N–H and O–H groups in total. The fraction of sp³-hybridized carbons (Fsp3) is 0.188. The van der Waals surface area contributed by atoms with E-state index >= 15 is 0 Å². The van der Waals surface area contributed by atoms with Crippen LogP contribution < -0.4 is 20.1 Å². The Morgan fingerprint density at radius 2 is 1.86 bits per heavy atom. The zero-order valence-electron chi connectivity index (χ0n) is 11.7. The molecular formula is C16H16N2O3. The third-order valence-corrected chi connectivity index (χ3v) is 3.20. The van der Waals surface area contributed by atoms with E-state index in [1.165, 1.54) is 5.56 Å². The van der Waals surface area contributed by atoms with Crippen molar-refractivity contribution in [1.82, 2.24) is 5.32 Å². The number of anilines is 1. The normalized spacial score (nSPS) is 12.0. The first kappa shape index (κ1) is 13.3. The highest BCUT2D eigenvalue weighted by atomic mass is 16.7. The Hall–Kier alpha value is -2.69. The smallest absolute Gasteiger partial charge is 0.319 e. The van der Waals surface area contributed by atoms with E-state index in [1.807, 2.05) is 31.2 Å². The molecule has 2 aromatic carbocycles. The maximum absolute atomic E-state index is 11.9. The number of benzene rings is 2. The molecule has 5 heteroatoms. The molecule has 3 rings (SSSR count). The topological polar surface area (TPSA) is 59.6 Å². The third-order valence-electron chi connectivity index (χ3n) is 3.20. The number of urea groups is 1. The molecule has 1 aliphatic rings. The van der Waals surface area contributed by atoms with Gasteiger partial charge in [-0.05, 0) is 24.6 Å². The molecule has 2 amide bonds. The second-order valence-electron chi connectivity index (χ2n) is 4.86. The minimum absolute atomic E-state index is 0.221. The average molecular weight is 284 g/mol. The van der Waals surface area contributed by atoms with Crippen LogP contribution >= 0.6 is 0 Å². The van der Waals surface area contributed by atoms with Crippen molar-refractivity contribution in [1.29, 1.82) is 0 Å². The van der Waals surface area contributed by atoms with Crippen LogP contribution in [0.15, 0.2) is 42.5 Å². The standard InChI is InChI=1S/C16H16N2O3/c1-11-2-4-12(5-3-11)9-17-16(19)18-13-6-7-14-15(8-13)21-10-20-14/h2-8H,9-10H2,1H3,(H2,17,18,19). The van der Waals surface area contributed by atoms with Crippen molar-refractivity contribution in [2.45, 2.75) is 13.5 Å². The predicted octanol–water partition coefficient (Wildman–Crippen LogP) is 3.05. The van der Waals surface area contributed by atoms with Gasteiger partial charge in [0, 0.05) is 18.3 Å². The summed E-state index contributed by atoms with van der Waals surface area (Å²) >= 11 is 0. The zero-order chi connectivity index (χ0) is 14.7. The van der Waals surface area contributed by atoms with Crippen LogP contribution in [0.4, 0.5) is 10.5 Å². The maximum Gasteiger partial charge on any atom is 0.319 e. The Labute approximate surface area is 122 Å². The van der Waals surface area contributed by atoms with Crippen LogP contribution in [0.5, 0.6) is 11.5 Å². The number of ether oxygens (including phenoxy) is 2. The summed E-state index contributed by atoms with van der Waals surface area (Å²) in [5.74, 6) is 1.34. The van der Waals surface area contributed by atoms with E-state index in [2.05, 4.69) is 10.6 Å². The lowest BCUT2D eigenvalue weighted by Crippen LogP contribution is -2.28. The van der Waals surface area contributed by atoms with Gasteiger partial charge in [0.1, 0.15) is 0 Å². The van der Waals surface area contributed by atoms with Crippen molar-refractivity contribution in [3.63, 3.8) is 0 Å². The molecule has 108 valence electrons. The number of hydrogen-bond acceptors (Lipinski definition) is 3. The van der Waals surface area contributed by atoms with Crippen molar-refractivity contribution in [2.75, 3.05) is 12.1 Å². The molecule has 0 unspecified atom stereocenters. The quantitative estimate of drug-likeness (QED) is 0.910. The number of amides is 2. The van der Waals surface area contributed by atoms with E-state index in [-0.39, 0.29) is 12.8 Å². The molecule has 0 radical (unpaired) electrons. The molecule has 0 fully saturated rings. The van der Waals surface area contributed by atoms with Crippen LogP contribution in [0, 0.1) is 6.92 Å². The molecule has 0 atom stereocenters. The number of carbonyl (C=O) groups is 1. The summed E-state index contributed by atoms with van der Waals surface area (Å²) in [5, 5.41) is 5.58. The van der Waals surface area contributed by atoms with Crippen LogP contribution in [-0.4, -0.2) is 12.8 Å². The molecule has 2 aromatic rings. The molecule has 0 saturated heterocycles. The monoisotopic (exact) mass is 284 g/mol. The molecule has 0 saturated carbocycles. The number of hydrogen-bond donors (Lipinski definition) is 2. The highest BCUT2D eigenvalue weighted by molar-refractivity contribution is 5.89. The zero-order valence-corrected chi connectivity index (χ0v) is 11.7. The van der Waals surface area contributed by atoms with Gasteiger partial charge < -0.3 is 20.1 Å². The highest BCUT2D eigenvalue weighted by Crippen LogP contribution is 2.34. The summed E-state index contributed by atoms with van der Waals surface area (Å²) in [6.45, 7) is 2.73. The lowest BCUT2D eigenvalue weighted by Gasteiger charge is -2.08. The minimum atomic E-state index is -0.255. The number of fused-ring (bicyclic) bond motifs is 1. The summed E-state index contributed by atoms with van der Waals surface area (Å²) in [4.78, 5) is 11.9. The van der Waals surface area contributed by atoms with Gasteiger partial charge >= 0.3 is 6.03 Å². The lowest BCUT2D eigenvalue weighted by atomic mass is 10.1. The molecule has 1 aliphatic heterocycles. The van der Waals surface area contributed by atoms with Crippen LogP contribution in [0.3, 0.4) is 0 Å². The van der Waals surface area contributed by atoms with E-state index in [0.29, 0.717) is 23.7 Å². The van der Waals surface area contributed by atoms with E-state index < -0.39 is 0 Å². The fourth-order valence-corrected chi connectivity index (χ4v) is 2.04. The molecule has 21 heavy (non-hydrogen) atoms. The van der Waals surface area contributed by atoms with E-state index in [4.69, 9.17) is 9.47 Å². The fourth-order valence-electron chi connectivity index (χ4n) is 2.04. The Morgan fingerprint density at radius 3 is 2.67 bits per heavy atom. The summed E-state index contributed by atoms with van der Waals surface area (Å²) in [6, 6.07) is 13.1. The molecule has 0 aliphatic carbocycles. The van der Waals surface area contributed by atoms with Gasteiger partial charge in [0.2, 0.25) is 6.79 Å². The van der Waals surface area contributed by atoms with Crippen molar-refractivity contribution < 1.29 is 14.3 Å². The maximum atomic E-state index is 11.9. The van der Waals surface area contributed by atoms with Crippen LogP contribution in [-0.2, 0) is 6.54 Å². The Kier molecular flexibility index (Phi) is 3.64. The minimum Gasteiger partial charge on any atom is -0.454 e. The Morgan fingerprint density at radius 1 is 1.10 bits per heavy atom. The Balaban J connectivity index is 1.55. The molecular weight excluding hydrogens is 268 g/mol. The Bertz CT molecular complexity index is 653. The van der Waals surface area contributed by atoms with Crippen molar-refractivity contribution in [2.24, 2.45) is 0 Å². The third kappa shape index (κ3) is 3.25. The SMILES string of the molecule is Cc1ccc(CNC(=O)Nc2ccc3c(c2)OCO3)cc1. The summed E-state index contributed by atoms with van der Waals surface area (Å²) in [7, 11) is 0. The van der Waals surface area contributed by atoms with Crippen molar-refractivity contribution in [3.8, 4) is 11.5 Å². The van der Waals surface area contributed by atoms with Crippen LogP contribution in [0.1, 0.15) is 11.1 Å². The van der Waals surface area contributed by atoms with Crippen molar-refractivity contribution >= 4 is 11.7 Å². The van der Waals surface area contributed by atoms with E-state index in [1.54, 1.807) is 18.2 Å². The first-order valence-corrected chi connectivity index (χ1v) is 6.71. The van der Waals surface area contributed by atoms with Crippen molar-refractivity contribution in [3.05, 3.63) is 53.6 Å². The first-order chi connectivity index (χ1) is 10.2. The summed E-state index contributed by atoms with van der Waals surface area (Å²) in [6.07, 6.45) is 0. The van der Waals surface area contributed by atoms with Gasteiger partial charge in [-0.25, -0.2) is 4.79 Å². The lowest BCUT2D eigenvalue weighted by molar-refractivity contribution is 0.174. The van der Waals surface area contributed by atoms with Crippen LogP contribution in [0.25, 0.3) is 0 Å². The van der Waals surface area contributed by atoms with Gasteiger partial charge in [-0.3, -0.25) is 0 Å². The summed E-state index contributed by atoms with van der Waals surface area (Å²) in [5.41, 5.74) is 2.92. The molecule has 0 spiro atoms. The average Bonchev–Trinajstić information content (AvgIpc) is 2.94. The van der Waals surface area contributed by atoms with Gasteiger partial charge in [0.05, 0.1) is 0 Å². The molecule has 0 aromatic heterocycles. The van der Waals surface area contributed by atoms with Gasteiger partial charge in [-0.2, -0.15) is 0 Å². The molecule has 5 nitrogen and oxygen atoms in total. The van der Waals surface area contributed by atoms with Gasteiger partial charge in [0.15, 0.2) is 11.5 Å². The second-order valence-corrected chi connectivity index (χ2v) is 4.86. The van der Waals surface area contributed by atoms with Gasteiger partial charge in [-0.15, -0.1) is 0 Å². The number of nitrogens with one attached hydrogen (secondary N) is 2.